The Bertz CT molecular complexity index is 928. The minimum atomic E-state index is -0.0407. The summed E-state index contributed by atoms with van der Waals surface area (Å²) >= 11 is 0. The number of allylic oxidation sites excluding steroid dienone is 2. The minimum absolute atomic E-state index is 0.0407. The van der Waals surface area contributed by atoms with E-state index < -0.39 is 0 Å². The predicted molar refractivity (Wildman–Crippen MR) is 101 cm³/mol. The Morgan fingerprint density at radius 1 is 0.875 bits per heavy atom. The number of benzene rings is 3. The molecule has 0 N–H and O–H groups in total. The third-order valence-electron chi connectivity index (χ3n) is 4.68. The second kappa shape index (κ2) is 6.46. The second-order valence-corrected chi connectivity index (χ2v) is 6.18. The van der Waals surface area contributed by atoms with Crippen LogP contribution in [0.3, 0.4) is 0 Å². The van der Waals surface area contributed by atoms with E-state index in [1.165, 1.54) is 33.0 Å². The van der Waals surface area contributed by atoms with E-state index in [0.29, 0.717) is 0 Å². The van der Waals surface area contributed by atoms with Gasteiger partial charge in [0.15, 0.2) is 0 Å². The SMILES string of the molecule is COC(C=C1C=Cc2ccccc2C1)c1cccc2ccccc12. The number of ether oxygens (including phenoxy) is 1. The van der Waals surface area contributed by atoms with Gasteiger partial charge in [0.1, 0.15) is 6.10 Å². The van der Waals surface area contributed by atoms with Crippen LogP contribution in [0.15, 0.2) is 84.5 Å². The Labute approximate surface area is 142 Å². The van der Waals surface area contributed by atoms with Gasteiger partial charge in [0, 0.05) is 7.11 Å². The Kier molecular flexibility index (Phi) is 4.02. The maximum absolute atomic E-state index is 5.82. The third kappa shape index (κ3) is 2.79. The molecule has 3 aromatic carbocycles. The first-order valence-corrected chi connectivity index (χ1v) is 8.32. The first-order chi connectivity index (χ1) is 11.8. The zero-order valence-electron chi connectivity index (χ0n) is 13.8. The van der Waals surface area contributed by atoms with Crippen molar-refractivity contribution in [2.24, 2.45) is 0 Å². The van der Waals surface area contributed by atoms with Gasteiger partial charge in [-0.2, -0.15) is 0 Å². The highest BCUT2D eigenvalue weighted by Gasteiger charge is 2.14. The summed E-state index contributed by atoms with van der Waals surface area (Å²) in [5.74, 6) is 0. The van der Waals surface area contributed by atoms with E-state index in [-0.39, 0.29) is 6.10 Å². The summed E-state index contributed by atoms with van der Waals surface area (Å²) in [5, 5.41) is 2.50. The molecule has 0 bridgehead atoms. The highest BCUT2D eigenvalue weighted by atomic mass is 16.5. The van der Waals surface area contributed by atoms with Crippen LogP contribution in [-0.4, -0.2) is 7.11 Å². The highest BCUT2D eigenvalue weighted by Crippen LogP contribution is 2.30. The van der Waals surface area contributed by atoms with E-state index in [9.17, 15) is 0 Å². The molecule has 1 nitrogen and oxygen atoms in total. The van der Waals surface area contributed by atoms with E-state index in [0.717, 1.165) is 6.42 Å². The van der Waals surface area contributed by atoms with Gasteiger partial charge in [-0.3, -0.25) is 0 Å². The molecule has 3 aromatic rings. The molecule has 0 aromatic heterocycles. The smallest absolute Gasteiger partial charge is 0.101 e. The molecule has 118 valence electrons. The van der Waals surface area contributed by atoms with Crippen molar-refractivity contribution in [3.8, 4) is 0 Å². The quantitative estimate of drug-likeness (QED) is 0.600. The molecule has 0 spiro atoms. The zero-order chi connectivity index (χ0) is 16.4. The molecule has 1 heteroatoms. The fraction of sp³-hybridized carbons (Fsp3) is 0.130. The van der Waals surface area contributed by atoms with Gasteiger partial charge < -0.3 is 4.74 Å². The lowest BCUT2D eigenvalue weighted by molar-refractivity contribution is 0.143. The largest absolute Gasteiger partial charge is 0.373 e. The standard InChI is InChI=1S/C23H20O/c1-24-23(22-12-6-10-19-8-4-5-11-21(19)22)16-17-13-14-18-7-2-3-9-20(18)15-17/h2-14,16,23H,15H2,1H3. The van der Waals surface area contributed by atoms with Crippen molar-refractivity contribution in [2.45, 2.75) is 12.5 Å². The van der Waals surface area contributed by atoms with Crippen LogP contribution >= 0.6 is 0 Å². The highest BCUT2D eigenvalue weighted by molar-refractivity contribution is 5.86. The number of rotatable bonds is 3. The molecule has 0 saturated carbocycles. The number of fused-ring (bicyclic) bond motifs is 2. The van der Waals surface area contributed by atoms with Gasteiger partial charge in [-0.25, -0.2) is 0 Å². The first-order valence-electron chi connectivity index (χ1n) is 8.32. The van der Waals surface area contributed by atoms with Crippen LogP contribution in [-0.2, 0) is 11.2 Å². The molecule has 4 rings (SSSR count). The van der Waals surface area contributed by atoms with Gasteiger partial charge in [-0.05, 0) is 45.5 Å². The van der Waals surface area contributed by atoms with Gasteiger partial charge in [0.2, 0.25) is 0 Å². The van der Waals surface area contributed by atoms with Gasteiger partial charge in [-0.1, -0.05) is 78.9 Å². The Morgan fingerprint density at radius 3 is 2.58 bits per heavy atom. The van der Waals surface area contributed by atoms with Crippen molar-refractivity contribution in [1.82, 2.24) is 0 Å². The molecular formula is C23H20O. The minimum Gasteiger partial charge on any atom is -0.373 e. The van der Waals surface area contributed by atoms with Crippen LogP contribution in [0.5, 0.6) is 0 Å². The molecule has 0 radical (unpaired) electrons. The van der Waals surface area contributed by atoms with Crippen molar-refractivity contribution in [3.05, 3.63) is 101 Å². The Morgan fingerprint density at radius 2 is 1.67 bits per heavy atom. The summed E-state index contributed by atoms with van der Waals surface area (Å²) in [6, 6.07) is 23.5. The fourth-order valence-corrected chi connectivity index (χ4v) is 3.43. The normalized spacial score (nSPS) is 16.3. The molecular weight excluding hydrogens is 292 g/mol. The summed E-state index contributed by atoms with van der Waals surface area (Å²) < 4.78 is 5.82. The zero-order valence-corrected chi connectivity index (χ0v) is 13.8. The van der Waals surface area contributed by atoms with Crippen molar-refractivity contribution < 1.29 is 4.74 Å². The average molecular weight is 312 g/mol. The number of hydrogen-bond donors (Lipinski definition) is 0. The molecule has 0 aliphatic heterocycles. The lowest BCUT2D eigenvalue weighted by Gasteiger charge is -2.18. The first kappa shape index (κ1) is 14.9. The van der Waals surface area contributed by atoms with Crippen molar-refractivity contribution in [2.75, 3.05) is 7.11 Å². The number of hydrogen-bond acceptors (Lipinski definition) is 1. The molecule has 0 amide bonds. The monoisotopic (exact) mass is 312 g/mol. The summed E-state index contributed by atoms with van der Waals surface area (Å²) in [7, 11) is 1.78. The van der Waals surface area contributed by atoms with Crippen LogP contribution in [0, 0.1) is 0 Å². The molecule has 0 saturated heterocycles. The van der Waals surface area contributed by atoms with Gasteiger partial charge in [0.05, 0.1) is 0 Å². The van der Waals surface area contributed by atoms with Crippen molar-refractivity contribution in [3.63, 3.8) is 0 Å². The maximum Gasteiger partial charge on any atom is 0.101 e. The van der Waals surface area contributed by atoms with E-state index in [1.54, 1.807) is 7.11 Å². The maximum atomic E-state index is 5.82. The summed E-state index contributed by atoms with van der Waals surface area (Å²) in [6.45, 7) is 0. The lowest BCUT2D eigenvalue weighted by atomic mass is 9.91. The molecule has 1 aliphatic rings. The van der Waals surface area contributed by atoms with Crippen LogP contribution < -0.4 is 0 Å². The fourth-order valence-electron chi connectivity index (χ4n) is 3.43. The van der Waals surface area contributed by atoms with E-state index in [4.69, 9.17) is 4.74 Å². The van der Waals surface area contributed by atoms with Gasteiger partial charge in [0.25, 0.3) is 0 Å². The summed E-state index contributed by atoms with van der Waals surface area (Å²) in [6.07, 6.45) is 7.56. The molecule has 24 heavy (non-hydrogen) atoms. The molecule has 0 heterocycles. The third-order valence-corrected chi connectivity index (χ3v) is 4.68. The Balaban J connectivity index is 1.72. The Hall–Kier alpha value is -2.64. The van der Waals surface area contributed by atoms with E-state index >= 15 is 0 Å². The van der Waals surface area contributed by atoms with Crippen LogP contribution in [0.4, 0.5) is 0 Å². The van der Waals surface area contributed by atoms with Gasteiger partial charge >= 0.3 is 0 Å². The van der Waals surface area contributed by atoms with Crippen LogP contribution in [0.25, 0.3) is 16.8 Å². The van der Waals surface area contributed by atoms with Crippen molar-refractivity contribution in [1.29, 1.82) is 0 Å². The second-order valence-electron chi connectivity index (χ2n) is 6.18. The summed E-state index contributed by atoms with van der Waals surface area (Å²) in [5.41, 5.74) is 5.21. The van der Waals surface area contributed by atoms with Crippen LogP contribution in [0.1, 0.15) is 22.8 Å². The number of methoxy groups -OCH3 is 1. The lowest BCUT2D eigenvalue weighted by Crippen LogP contribution is -2.03. The topological polar surface area (TPSA) is 9.23 Å². The van der Waals surface area contributed by atoms with Crippen LogP contribution in [0.2, 0.25) is 0 Å². The summed E-state index contributed by atoms with van der Waals surface area (Å²) in [4.78, 5) is 0. The van der Waals surface area contributed by atoms with Gasteiger partial charge in [-0.15, -0.1) is 0 Å². The molecule has 0 fully saturated rings. The molecule has 1 atom stereocenters. The molecule has 1 unspecified atom stereocenters. The predicted octanol–water partition coefficient (Wildman–Crippen LogP) is 5.72. The van der Waals surface area contributed by atoms with Crippen molar-refractivity contribution >= 4 is 16.8 Å². The molecule has 1 aliphatic carbocycles. The average Bonchev–Trinajstić information content (AvgIpc) is 2.65. The van der Waals surface area contributed by atoms with E-state index in [2.05, 4.69) is 85.0 Å². The van der Waals surface area contributed by atoms with E-state index in [1.807, 2.05) is 0 Å².